The van der Waals surface area contributed by atoms with Crippen LogP contribution in [0.15, 0.2) is 18.2 Å². The van der Waals surface area contributed by atoms with Gasteiger partial charge in [-0.25, -0.2) is 0 Å². The molecule has 2 rings (SSSR count). The van der Waals surface area contributed by atoms with Crippen LogP contribution >= 0.6 is 11.3 Å². The lowest BCUT2D eigenvalue weighted by molar-refractivity contribution is 0.420. The minimum absolute atomic E-state index is 0.936. The van der Waals surface area contributed by atoms with Gasteiger partial charge in [0.25, 0.3) is 0 Å². The molecule has 0 aliphatic carbocycles. The molecule has 3 heteroatoms. The largest absolute Gasteiger partial charge is 0.495 e. The average Bonchev–Trinajstić information content (AvgIpc) is 2.66. The maximum Gasteiger partial charge on any atom is 0.136 e. The zero-order valence-electron chi connectivity index (χ0n) is 9.96. The van der Waals surface area contributed by atoms with Crippen molar-refractivity contribution in [2.75, 3.05) is 14.2 Å². The molecular formula is C13H17NOS. The Morgan fingerprint density at radius 3 is 2.81 bits per heavy atom. The van der Waals surface area contributed by atoms with Crippen molar-refractivity contribution >= 4 is 21.4 Å². The summed E-state index contributed by atoms with van der Waals surface area (Å²) in [5.41, 5.74) is 1.45. The molecule has 0 saturated heterocycles. The predicted octanol–water partition coefficient (Wildman–Crippen LogP) is 3.19. The number of hydrogen-bond donors (Lipinski definition) is 1. The quantitative estimate of drug-likeness (QED) is 0.878. The van der Waals surface area contributed by atoms with Gasteiger partial charge < -0.3 is 10.1 Å². The van der Waals surface area contributed by atoms with Gasteiger partial charge in [-0.05, 0) is 30.5 Å². The minimum Gasteiger partial charge on any atom is -0.495 e. The number of aryl methyl sites for hydroxylation is 1. The van der Waals surface area contributed by atoms with Gasteiger partial charge in [-0.3, -0.25) is 0 Å². The number of rotatable bonds is 4. The molecule has 0 aliphatic heterocycles. The molecule has 1 heterocycles. The van der Waals surface area contributed by atoms with E-state index in [2.05, 4.69) is 24.4 Å². The normalized spacial score (nSPS) is 10.9. The van der Waals surface area contributed by atoms with Gasteiger partial charge in [-0.15, -0.1) is 11.3 Å². The molecule has 2 aromatic rings. The second kappa shape index (κ2) is 4.85. The Morgan fingerprint density at radius 2 is 2.19 bits per heavy atom. The molecule has 86 valence electrons. The summed E-state index contributed by atoms with van der Waals surface area (Å²) in [7, 11) is 3.72. The first-order valence-electron chi connectivity index (χ1n) is 5.53. The van der Waals surface area contributed by atoms with E-state index in [1.54, 1.807) is 7.11 Å². The summed E-state index contributed by atoms with van der Waals surface area (Å²) in [4.78, 5) is 1.42. The molecule has 0 spiro atoms. The highest BCUT2D eigenvalue weighted by Crippen LogP contribution is 2.37. The number of ether oxygens (including phenoxy) is 1. The summed E-state index contributed by atoms with van der Waals surface area (Å²) >= 11 is 1.84. The lowest BCUT2D eigenvalue weighted by Gasteiger charge is -2.01. The van der Waals surface area contributed by atoms with Crippen LogP contribution in [0.1, 0.15) is 17.4 Å². The molecule has 0 aliphatic rings. The van der Waals surface area contributed by atoms with E-state index in [1.807, 2.05) is 24.5 Å². The van der Waals surface area contributed by atoms with Crippen molar-refractivity contribution in [3.63, 3.8) is 0 Å². The molecule has 0 amide bonds. The predicted molar refractivity (Wildman–Crippen MR) is 70.5 cm³/mol. The Balaban J connectivity index is 2.65. The van der Waals surface area contributed by atoms with Crippen LogP contribution in [0.3, 0.4) is 0 Å². The van der Waals surface area contributed by atoms with Crippen LogP contribution in [0, 0.1) is 0 Å². The fraction of sp³-hybridized carbons (Fsp3) is 0.385. The second-order valence-corrected chi connectivity index (χ2v) is 4.83. The molecule has 0 radical (unpaired) electrons. The Kier molecular flexibility index (Phi) is 3.46. The highest BCUT2D eigenvalue weighted by atomic mass is 32.1. The number of methoxy groups -OCH3 is 1. The first-order chi connectivity index (χ1) is 7.81. The van der Waals surface area contributed by atoms with Gasteiger partial charge in [-0.2, -0.15) is 0 Å². The van der Waals surface area contributed by atoms with Crippen molar-refractivity contribution in [1.82, 2.24) is 5.32 Å². The maximum absolute atomic E-state index is 5.41. The van der Waals surface area contributed by atoms with E-state index in [1.165, 1.54) is 20.5 Å². The summed E-state index contributed by atoms with van der Waals surface area (Å²) < 4.78 is 6.68. The third kappa shape index (κ3) is 1.81. The molecule has 2 nitrogen and oxygen atoms in total. The summed E-state index contributed by atoms with van der Waals surface area (Å²) in [5, 5.41) is 4.57. The topological polar surface area (TPSA) is 21.3 Å². The second-order valence-electron chi connectivity index (χ2n) is 3.72. The summed E-state index contributed by atoms with van der Waals surface area (Å²) in [6.45, 7) is 3.14. The van der Waals surface area contributed by atoms with E-state index >= 15 is 0 Å². The summed E-state index contributed by atoms with van der Waals surface area (Å²) in [6.07, 6.45) is 1.07. The maximum atomic E-state index is 5.41. The van der Waals surface area contributed by atoms with Crippen LogP contribution in [-0.2, 0) is 13.0 Å². The molecule has 1 aromatic heterocycles. The molecule has 0 saturated carbocycles. The van der Waals surface area contributed by atoms with Gasteiger partial charge in [-0.1, -0.05) is 19.1 Å². The van der Waals surface area contributed by atoms with E-state index in [9.17, 15) is 0 Å². The van der Waals surface area contributed by atoms with Crippen molar-refractivity contribution in [1.29, 1.82) is 0 Å². The third-order valence-corrected chi connectivity index (χ3v) is 4.04. The number of fused-ring (bicyclic) bond motifs is 1. The Hall–Kier alpha value is -1.06. The number of nitrogens with one attached hydrogen (secondary N) is 1. The standard InChI is InChI=1S/C13H17NOS/c1-4-9-10-6-5-7-11(15-3)13(10)16-12(9)8-14-2/h5-7,14H,4,8H2,1-3H3. The highest BCUT2D eigenvalue weighted by molar-refractivity contribution is 7.19. The smallest absolute Gasteiger partial charge is 0.136 e. The molecule has 0 unspecified atom stereocenters. The van der Waals surface area contributed by atoms with E-state index in [4.69, 9.17) is 4.74 Å². The SMILES string of the molecule is CCc1c(CNC)sc2c(OC)cccc12. The zero-order chi connectivity index (χ0) is 11.5. The Bertz CT molecular complexity index is 490. The van der Waals surface area contributed by atoms with Crippen LogP contribution in [0.5, 0.6) is 5.75 Å². The number of hydrogen-bond acceptors (Lipinski definition) is 3. The van der Waals surface area contributed by atoms with Gasteiger partial charge in [0.1, 0.15) is 5.75 Å². The molecular weight excluding hydrogens is 218 g/mol. The first-order valence-corrected chi connectivity index (χ1v) is 6.35. The van der Waals surface area contributed by atoms with E-state index in [-0.39, 0.29) is 0 Å². The van der Waals surface area contributed by atoms with Crippen LogP contribution in [0.25, 0.3) is 10.1 Å². The molecule has 16 heavy (non-hydrogen) atoms. The van der Waals surface area contributed by atoms with Crippen LogP contribution < -0.4 is 10.1 Å². The molecule has 1 aromatic carbocycles. The Morgan fingerprint density at radius 1 is 1.38 bits per heavy atom. The van der Waals surface area contributed by atoms with Gasteiger partial charge in [0.15, 0.2) is 0 Å². The first kappa shape index (κ1) is 11.4. The number of benzene rings is 1. The number of thiophene rings is 1. The van der Waals surface area contributed by atoms with E-state index in [0.29, 0.717) is 0 Å². The van der Waals surface area contributed by atoms with Crippen molar-refractivity contribution in [2.45, 2.75) is 19.9 Å². The fourth-order valence-electron chi connectivity index (χ4n) is 2.05. The van der Waals surface area contributed by atoms with Crippen LogP contribution in [0.4, 0.5) is 0 Å². The highest BCUT2D eigenvalue weighted by Gasteiger charge is 2.12. The molecule has 1 N–H and O–H groups in total. The van der Waals surface area contributed by atoms with Gasteiger partial charge >= 0.3 is 0 Å². The molecule has 0 atom stereocenters. The molecule has 0 bridgehead atoms. The lowest BCUT2D eigenvalue weighted by atomic mass is 10.1. The average molecular weight is 235 g/mol. The third-order valence-electron chi connectivity index (χ3n) is 2.78. The lowest BCUT2D eigenvalue weighted by Crippen LogP contribution is -2.04. The minimum atomic E-state index is 0.936. The van der Waals surface area contributed by atoms with Gasteiger partial charge in [0.05, 0.1) is 11.8 Å². The van der Waals surface area contributed by atoms with E-state index in [0.717, 1.165) is 18.7 Å². The van der Waals surface area contributed by atoms with Crippen molar-refractivity contribution < 1.29 is 4.74 Å². The Labute approximate surface area is 100 Å². The van der Waals surface area contributed by atoms with Crippen LogP contribution in [0.2, 0.25) is 0 Å². The van der Waals surface area contributed by atoms with Crippen molar-refractivity contribution in [3.8, 4) is 5.75 Å². The fourth-order valence-corrected chi connectivity index (χ4v) is 3.44. The van der Waals surface area contributed by atoms with Gasteiger partial charge in [0.2, 0.25) is 0 Å². The van der Waals surface area contributed by atoms with Crippen molar-refractivity contribution in [2.24, 2.45) is 0 Å². The van der Waals surface area contributed by atoms with Crippen LogP contribution in [-0.4, -0.2) is 14.2 Å². The monoisotopic (exact) mass is 235 g/mol. The summed E-state index contributed by atoms with van der Waals surface area (Å²) in [5.74, 6) is 0.986. The molecule has 0 fully saturated rings. The zero-order valence-corrected chi connectivity index (χ0v) is 10.8. The summed E-state index contributed by atoms with van der Waals surface area (Å²) in [6, 6.07) is 6.28. The van der Waals surface area contributed by atoms with Gasteiger partial charge in [0, 0.05) is 11.4 Å². The van der Waals surface area contributed by atoms with Crippen molar-refractivity contribution in [3.05, 3.63) is 28.6 Å². The van der Waals surface area contributed by atoms with E-state index < -0.39 is 0 Å².